The molecule has 0 aromatic rings. The summed E-state index contributed by atoms with van der Waals surface area (Å²) < 4.78 is 0. The Morgan fingerprint density at radius 2 is 1.83 bits per heavy atom. The Hall–Kier alpha value is -0.610. The summed E-state index contributed by atoms with van der Waals surface area (Å²) in [6.45, 7) is 5.39. The second-order valence-corrected chi connectivity index (χ2v) is 6.25. The van der Waals surface area contributed by atoms with Crippen LogP contribution in [0.2, 0.25) is 0 Å². The fraction of sp³-hybridized carbons (Fsp3) is 0.929. The van der Waals surface area contributed by atoms with Crippen LogP contribution in [0.3, 0.4) is 0 Å². The largest absolute Gasteiger partial charge is 0.344 e. The van der Waals surface area contributed by atoms with E-state index in [1.165, 1.54) is 19.3 Å². The average Bonchev–Trinajstić information content (AvgIpc) is 2.22. The minimum atomic E-state index is -0.0470. The molecule has 2 N–H and O–H groups in total. The molecule has 0 radical (unpaired) electrons. The molecule has 0 aromatic heterocycles. The molecule has 0 heterocycles. The molecule has 1 rings (SSSR count). The number of nitrogens with two attached hydrogens (primary N) is 1. The van der Waals surface area contributed by atoms with Crippen molar-refractivity contribution in [2.24, 2.45) is 17.6 Å². The number of likely N-dealkylation sites (N-methyl/N-ethyl adjacent to an activating group) is 2. The van der Waals surface area contributed by atoms with Gasteiger partial charge in [-0.2, -0.15) is 0 Å². The first-order chi connectivity index (χ1) is 8.34. The monoisotopic (exact) mass is 255 g/mol. The predicted molar refractivity (Wildman–Crippen MR) is 75.3 cm³/mol. The molecule has 1 unspecified atom stereocenters. The van der Waals surface area contributed by atoms with Gasteiger partial charge in [-0.1, -0.05) is 13.8 Å². The molecular weight excluding hydrogens is 226 g/mol. The molecule has 4 heteroatoms. The Labute approximate surface area is 111 Å². The lowest BCUT2D eigenvalue weighted by atomic mass is 9.75. The first-order valence-corrected chi connectivity index (χ1v) is 6.96. The van der Waals surface area contributed by atoms with Crippen LogP contribution in [-0.4, -0.2) is 55.5 Å². The topological polar surface area (TPSA) is 49.6 Å². The van der Waals surface area contributed by atoms with Crippen molar-refractivity contribution < 1.29 is 4.79 Å². The smallest absolute Gasteiger partial charge is 0.227 e. The highest BCUT2D eigenvalue weighted by Crippen LogP contribution is 2.36. The summed E-state index contributed by atoms with van der Waals surface area (Å²) in [5, 5.41) is 0. The maximum Gasteiger partial charge on any atom is 0.227 e. The number of hydrogen-bond donors (Lipinski definition) is 1. The van der Waals surface area contributed by atoms with Gasteiger partial charge >= 0.3 is 0 Å². The lowest BCUT2D eigenvalue weighted by Crippen LogP contribution is -2.58. The number of hydrogen-bond acceptors (Lipinski definition) is 3. The zero-order chi connectivity index (χ0) is 13.9. The van der Waals surface area contributed by atoms with Crippen molar-refractivity contribution in [1.29, 1.82) is 0 Å². The van der Waals surface area contributed by atoms with Gasteiger partial charge in [0.15, 0.2) is 0 Å². The predicted octanol–water partition coefficient (Wildman–Crippen LogP) is 1.16. The molecule has 0 spiro atoms. The van der Waals surface area contributed by atoms with Crippen LogP contribution >= 0.6 is 0 Å². The van der Waals surface area contributed by atoms with E-state index in [0.29, 0.717) is 12.5 Å². The highest BCUT2D eigenvalue weighted by atomic mass is 16.2. The third-order valence-electron chi connectivity index (χ3n) is 4.52. The molecule has 106 valence electrons. The van der Waals surface area contributed by atoms with Gasteiger partial charge in [0, 0.05) is 25.7 Å². The molecule has 1 amide bonds. The molecule has 18 heavy (non-hydrogen) atoms. The quantitative estimate of drug-likeness (QED) is 0.775. The lowest BCUT2D eigenvalue weighted by molar-refractivity contribution is -0.138. The average molecular weight is 255 g/mol. The normalized spacial score (nSPS) is 19.8. The Morgan fingerprint density at radius 1 is 1.28 bits per heavy atom. The van der Waals surface area contributed by atoms with E-state index in [1.807, 2.05) is 11.9 Å². The van der Waals surface area contributed by atoms with Crippen LogP contribution in [0.4, 0.5) is 0 Å². The minimum absolute atomic E-state index is 0.0470. The molecule has 1 aliphatic carbocycles. The van der Waals surface area contributed by atoms with Gasteiger partial charge in [-0.05, 0) is 39.3 Å². The van der Waals surface area contributed by atoms with Crippen molar-refractivity contribution in [2.45, 2.75) is 38.6 Å². The van der Waals surface area contributed by atoms with E-state index >= 15 is 0 Å². The van der Waals surface area contributed by atoms with Crippen molar-refractivity contribution in [3.63, 3.8) is 0 Å². The van der Waals surface area contributed by atoms with Crippen LogP contribution in [-0.2, 0) is 4.79 Å². The zero-order valence-electron chi connectivity index (χ0n) is 12.6. The van der Waals surface area contributed by atoms with Crippen molar-refractivity contribution in [1.82, 2.24) is 9.80 Å². The third-order valence-corrected chi connectivity index (χ3v) is 4.52. The van der Waals surface area contributed by atoms with E-state index in [2.05, 4.69) is 32.8 Å². The van der Waals surface area contributed by atoms with Crippen LogP contribution < -0.4 is 5.73 Å². The molecule has 0 saturated heterocycles. The van der Waals surface area contributed by atoms with Crippen molar-refractivity contribution >= 4 is 5.91 Å². The summed E-state index contributed by atoms with van der Waals surface area (Å²) in [4.78, 5) is 16.5. The maximum atomic E-state index is 12.4. The second-order valence-electron chi connectivity index (χ2n) is 6.25. The molecule has 1 atom stereocenters. The van der Waals surface area contributed by atoms with Gasteiger partial charge in [-0.25, -0.2) is 0 Å². The highest BCUT2D eigenvalue weighted by Gasteiger charge is 2.41. The van der Waals surface area contributed by atoms with Gasteiger partial charge < -0.3 is 15.5 Å². The SMILES string of the molecule is CC(C)C(CN)C(=O)N(C)CC1(N(C)C)CCC1. The van der Waals surface area contributed by atoms with Gasteiger partial charge in [0.25, 0.3) is 0 Å². The van der Waals surface area contributed by atoms with Crippen LogP contribution in [0, 0.1) is 11.8 Å². The first kappa shape index (κ1) is 15.4. The number of carbonyl (C=O) groups is 1. The summed E-state index contributed by atoms with van der Waals surface area (Å²) in [5.74, 6) is 0.455. The number of rotatable bonds is 6. The highest BCUT2D eigenvalue weighted by molar-refractivity contribution is 5.79. The Balaban J connectivity index is 2.64. The molecule has 0 aromatic carbocycles. The molecule has 4 nitrogen and oxygen atoms in total. The summed E-state index contributed by atoms with van der Waals surface area (Å²) in [7, 11) is 6.14. The van der Waals surface area contributed by atoms with Crippen LogP contribution in [0.25, 0.3) is 0 Å². The standard InChI is InChI=1S/C14H29N3O/c1-11(2)12(9-15)13(18)17(5)10-14(16(3)4)7-6-8-14/h11-12H,6-10,15H2,1-5H3. The molecule has 0 aliphatic heterocycles. The maximum absolute atomic E-state index is 12.4. The van der Waals surface area contributed by atoms with Crippen molar-refractivity contribution in [3.05, 3.63) is 0 Å². The van der Waals surface area contributed by atoms with Gasteiger partial charge in [0.1, 0.15) is 0 Å². The number of nitrogens with zero attached hydrogens (tertiary/aromatic N) is 2. The van der Waals surface area contributed by atoms with Gasteiger partial charge in [0.2, 0.25) is 5.91 Å². The van der Waals surface area contributed by atoms with Crippen LogP contribution in [0.1, 0.15) is 33.1 Å². The molecular formula is C14H29N3O. The molecule has 1 saturated carbocycles. The van der Waals surface area contributed by atoms with Gasteiger partial charge in [0.05, 0.1) is 5.92 Å². The minimum Gasteiger partial charge on any atom is -0.344 e. The summed E-state index contributed by atoms with van der Waals surface area (Å²) in [5.41, 5.74) is 5.92. The van der Waals surface area contributed by atoms with Crippen LogP contribution in [0.15, 0.2) is 0 Å². The van der Waals surface area contributed by atoms with E-state index in [1.54, 1.807) is 0 Å². The number of amides is 1. The van der Waals surface area contributed by atoms with E-state index in [0.717, 1.165) is 6.54 Å². The van der Waals surface area contributed by atoms with E-state index in [4.69, 9.17) is 5.73 Å². The first-order valence-electron chi connectivity index (χ1n) is 6.96. The summed E-state index contributed by atoms with van der Waals surface area (Å²) in [6.07, 6.45) is 3.64. The number of carbonyl (C=O) groups excluding carboxylic acids is 1. The summed E-state index contributed by atoms with van der Waals surface area (Å²) >= 11 is 0. The Morgan fingerprint density at radius 3 is 2.11 bits per heavy atom. The molecule has 0 bridgehead atoms. The zero-order valence-corrected chi connectivity index (χ0v) is 12.6. The van der Waals surface area contributed by atoms with E-state index in [9.17, 15) is 4.79 Å². The third kappa shape index (κ3) is 3.04. The molecule has 1 aliphatic rings. The Bertz CT molecular complexity index is 285. The van der Waals surface area contributed by atoms with E-state index < -0.39 is 0 Å². The second kappa shape index (κ2) is 6.02. The fourth-order valence-electron chi connectivity index (χ4n) is 2.79. The summed E-state index contributed by atoms with van der Waals surface area (Å²) in [6, 6.07) is 0. The lowest BCUT2D eigenvalue weighted by Gasteiger charge is -2.49. The van der Waals surface area contributed by atoms with Gasteiger partial charge in [-0.15, -0.1) is 0 Å². The van der Waals surface area contributed by atoms with Crippen LogP contribution in [0.5, 0.6) is 0 Å². The van der Waals surface area contributed by atoms with Crippen molar-refractivity contribution in [3.8, 4) is 0 Å². The van der Waals surface area contributed by atoms with E-state index in [-0.39, 0.29) is 17.4 Å². The Kier molecular flexibility index (Phi) is 5.17. The van der Waals surface area contributed by atoms with Gasteiger partial charge in [-0.3, -0.25) is 4.79 Å². The fourth-order valence-corrected chi connectivity index (χ4v) is 2.79. The molecule has 1 fully saturated rings. The van der Waals surface area contributed by atoms with Crippen molar-refractivity contribution in [2.75, 3.05) is 34.2 Å².